The van der Waals surface area contributed by atoms with Gasteiger partial charge in [-0.15, -0.1) is 21.5 Å². The minimum atomic E-state index is -0.0468. The number of aryl methyl sites for hydroxylation is 2. The first-order valence-corrected chi connectivity index (χ1v) is 9.80. The minimum absolute atomic E-state index is 0.0468. The van der Waals surface area contributed by atoms with Gasteiger partial charge in [-0.25, -0.2) is 4.98 Å². The molecule has 0 unspecified atom stereocenters. The summed E-state index contributed by atoms with van der Waals surface area (Å²) in [7, 11) is 3.45. The lowest BCUT2D eigenvalue weighted by molar-refractivity contribution is 0.0827. The fourth-order valence-electron chi connectivity index (χ4n) is 2.80. The summed E-state index contributed by atoms with van der Waals surface area (Å²) in [5.74, 6) is 0.753. The number of carbonyl (C=O) groups is 1. The van der Waals surface area contributed by atoms with Crippen molar-refractivity contribution in [2.24, 2.45) is 0 Å². The first-order chi connectivity index (χ1) is 13.9. The maximum absolute atomic E-state index is 12.1. The summed E-state index contributed by atoms with van der Waals surface area (Å²) in [5.41, 5.74) is 3.38. The highest BCUT2D eigenvalue weighted by atomic mass is 32.1. The Morgan fingerprint density at radius 1 is 1.00 bits per heavy atom. The summed E-state index contributed by atoms with van der Waals surface area (Å²) in [6, 6.07) is 11.2. The first-order valence-electron chi connectivity index (χ1n) is 8.99. The fraction of sp³-hybridized carbons (Fsp3) is 0.190. The Morgan fingerprint density at radius 2 is 1.72 bits per heavy atom. The van der Waals surface area contributed by atoms with Gasteiger partial charge in [0.15, 0.2) is 0 Å². The molecular weight excluding hydrogens is 386 g/mol. The molecule has 0 spiro atoms. The Balaban J connectivity index is 1.66. The Bertz CT molecular complexity index is 1180. The van der Waals surface area contributed by atoms with E-state index in [0.717, 1.165) is 10.4 Å². The minimum Gasteiger partial charge on any atom is -0.414 e. The fourth-order valence-corrected chi connectivity index (χ4v) is 3.59. The third-order valence-corrected chi connectivity index (χ3v) is 5.36. The second kappa shape index (κ2) is 7.56. The molecule has 8 heteroatoms. The van der Waals surface area contributed by atoms with Gasteiger partial charge >= 0.3 is 0 Å². The number of nitrogens with zero attached hydrogens (tertiary/aromatic N) is 5. The molecule has 0 atom stereocenters. The van der Waals surface area contributed by atoms with Gasteiger partial charge in [0.1, 0.15) is 5.69 Å². The lowest BCUT2D eigenvalue weighted by Gasteiger charge is -2.10. The molecule has 4 rings (SSSR count). The molecule has 4 aromatic rings. The SMILES string of the molecule is Cc1ccc(-c2nnc(-c3nc(-c4ccc(C(=O)N(C)C)cc4)cnc3C)o2)s1. The molecule has 7 nitrogen and oxygen atoms in total. The van der Waals surface area contributed by atoms with Crippen molar-refractivity contribution in [3.05, 3.63) is 58.7 Å². The van der Waals surface area contributed by atoms with Crippen LogP contribution in [0.1, 0.15) is 20.9 Å². The molecule has 1 amide bonds. The molecule has 0 bridgehead atoms. The molecule has 0 saturated carbocycles. The van der Waals surface area contributed by atoms with Gasteiger partial charge in [-0.3, -0.25) is 9.78 Å². The topological polar surface area (TPSA) is 85.0 Å². The van der Waals surface area contributed by atoms with Gasteiger partial charge in [-0.05, 0) is 38.1 Å². The van der Waals surface area contributed by atoms with E-state index in [4.69, 9.17) is 4.42 Å². The molecule has 0 aliphatic heterocycles. The van der Waals surface area contributed by atoms with Crippen molar-refractivity contribution in [2.75, 3.05) is 14.1 Å². The maximum atomic E-state index is 12.1. The summed E-state index contributed by atoms with van der Waals surface area (Å²) in [6.07, 6.45) is 1.70. The number of amides is 1. The van der Waals surface area contributed by atoms with E-state index in [-0.39, 0.29) is 5.91 Å². The van der Waals surface area contributed by atoms with Crippen LogP contribution in [0.5, 0.6) is 0 Å². The largest absolute Gasteiger partial charge is 0.414 e. The van der Waals surface area contributed by atoms with Gasteiger partial charge in [-0.1, -0.05) is 12.1 Å². The Morgan fingerprint density at radius 3 is 2.38 bits per heavy atom. The average Bonchev–Trinajstić information content (AvgIpc) is 3.37. The highest BCUT2D eigenvalue weighted by Gasteiger charge is 2.17. The van der Waals surface area contributed by atoms with Crippen molar-refractivity contribution in [2.45, 2.75) is 13.8 Å². The molecule has 0 N–H and O–H groups in total. The summed E-state index contributed by atoms with van der Waals surface area (Å²) in [5, 5.41) is 8.31. The van der Waals surface area contributed by atoms with E-state index in [1.54, 1.807) is 48.7 Å². The summed E-state index contributed by atoms with van der Waals surface area (Å²) in [6.45, 7) is 3.88. The number of carbonyl (C=O) groups excluding carboxylic acids is 1. The van der Waals surface area contributed by atoms with Crippen LogP contribution in [0.15, 0.2) is 47.0 Å². The van der Waals surface area contributed by atoms with Crippen LogP contribution in [-0.4, -0.2) is 45.1 Å². The van der Waals surface area contributed by atoms with Crippen molar-refractivity contribution in [3.8, 4) is 33.6 Å². The summed E-state index contributed by atoms with van der Waals surface area (Å²) < 4.78 is 5.85. The van der Waals surface area contributed by atoms with Crippen LogP contribution in [0.4, 0.5) is 0 Å². The lowest BCUT2D eigenvalue weighted by Crippen LogP contribution is -2.21. The molecule has 0 fully saturated rings. The van der Waals surface area contributed by atoms with Crippen molar-refractivity contribution < 1.29 is 9.21 Å². The number of benzene rings is 1. The molecule has 1 aromatic carbocycles. The number of hydrogen-bond donors (Lipinski definition) is 0. The smallest absolute Gasteiger partial charge is 0.268 e. The zero-order valence-electron chi connectivity index (χ0n) is 16.5. The van der Waals surface area contributed by atoms with Crippen LogP contribution in [0.3, 0.4) is 0 Å². The van der Waals surface area contributed by atoms with Crippen LogP contribution in [0, 0.1) is 13.8 Å². The molecule has 0 aliphatic carbocycles. The standard InChI is InChI=1S/C21H19N5O2S/c1-12-5-10-17(29-12)19-24-25-20(28-19)18-13(2)22-11-16(23-18)14-6-8-15(9-7-14)21(27)26(3)4/h5-11H,1-4H3. The number of thiophene rings is 1. The molecule has 3 heterocycles. The average molecular weight is 405 g/mol. The Kier molecular flexibility index (Phi) is 4.94. The van der Waals surface area contributed by atoms with E-state index < -0.39 is 0 Å². The third-order valence-electron chi connectivity index (χ3n) is 4.37. The predicted molar refractivity (Wildman–Crippen MR) is 112 cm³/mol. The molecular formula is C21H19N5O2S. The van der Waals surface area contributed by atoms with Gasteiger partial charge < -0.3 is 9.32 Å². The molecule has 0 radical (unpaired) electrons. The van der Waals surface area contributed by atoms with Gasteiger partial charge in [0.05, 0.1) is 22.5 Å². The van der Waals surface area contributed by atoms with Crippen LogP contribution in [-0.2, 0) is 0 Å². The summed E-state index contributed by atoms with van der Waals surface area (Å²) in [4.78, 5) is 24.8. The van der Waals surface area contributed by atoms with E-state index in [9.17, 15) is 4.79 Å². The first kappa shape index (κ1) is 18.9. The second-order valence-electron chi connectivity index (χ2n) is 6.79. The monoisotopic (exact) mass is 405 g/mol. The second-order valence-corrected chi connectivity index (χ2v) is 8.08. The maximum Gasteiger partial charge on any atom is 0.268 e. The molecule has 0 saturated heterocycles. The highest BCUT2D eigenvalue weighted by molar-refractivity contribution is 7.15. The Hall–Kier alpha value is -3.39. The lowest BCUT2D eigenvalue weighted by atomic mass is 10.1. The quantitative estimate of drug-likeness (QED) is 0.505. The number of hydrogen-bond acceptors (Lipinski definition) is 7. The van der Waals surface area contributed by atoms with Gasteiger partial charge in [0.25, 0.3) is 17.7 Å². The molecule has 3 aromatic heterocycles. The van der Waals surface area contributed by atoms with E-state index in [1.807, 2.05) is 38.1 Å². The van der Waals surface area contributed by atoms with Gasteiger partial charge in [0.2, 0.25) is 0 Å². The van der Waals surface area contributed by atoms with E-state index in [0.29, 0.717) is 34.4 Å². The van der Waals surface area contributed by atoms with Gasteiger partial charge in [-0.2, -0.15) is 0 Å². The summed E-state index contributed by atoms with van der Waals surface area (Å²) >= 11 is 1.60. The zero-order chi connectivity index (χ0) is 20.5. The van der Waals surface area contributed by atoms with E-state index >= 15 is 0 Å². The zero-order valence-corrected chi connectivity index (χ0v) is 17.3. The van der Waals surface area contributed by atoms with Crippen LogP contribution in [0.2, 0.25) is 0 Å². The van der Waals surface area contributed by atoms with Crippen molar-refractivity contribution >= 4 is 17.2 Å². The highest BCUT2D eigenvalue weighted by Crippen LogP contribution is 2.30. The van der Waals surface area contributed by atoms with Crippen LogP contribution < -0.4 is 0 Å². The van der Waals surface area contributed by atoms with Crippen LogP contribution >= 0.6 is 11.3 Å². The molecule has 0 aliphatic rings. The third kappa shape index (κ3) is 3.79. The Labute approximate surface area is 172 Å². The number of rotatable bonds is 4. The number of aromatic nitrogens is 4. The van der Waals surface area contributed by atoms with Crippen LogP contribution in [0.25, 0.3) is 33.6 Å². The van der Waals surface area contributed by atoms with Crippen molar-refractivity contribution in [1.82, 2.24) is 25.1 Å². The normalized spacial score (nSPS) is 10.9. The molecule has 29 heavy (non-hydrogen) atoms. The van der Waals surface area contributed by atoms with Gasteiger partial charge in [0, 0.05) is 30.1 Å². The van der Waals surface area contributed by atoms with E-state index in [2.05, 4.69) is 20.2 Å². The van der Waals surface area contributed by atoms with Crippen molar-refractivity contribution in [3.63, 3.8) is 0 Å². The van der Waals surface area contributed by atoms with Crippen molar-refractivity contribution in [1.29, 1.82) is 0 Å². The molecule has 146 valence electrons. The van der Waals surface area contributed by atoms with E-state index in [1.165, 1.54) is 4.88 Å². The predicted octanol–water partition coefficient (Wildman–Crippen LogP) is 4.24.